The van der Waals surface area contributed by atoms with Gasteiger partial charge in [-0.15, -0.1) is 0 Å². The van der Waals surface area contributed by atoms with E-state index in [2.05, 4.69) is 18.8 Å². The summed E-state index contributed by atoms with van der Waals surface area (Å²) in [6.07, 6.45) is 1.03. The Balaban J connectivity index is 2.00. The molecule has 1 unspecified atom stereocenters. The van der Waals surface area contributed by atoms with E-state index in [9.17, 15) is 4.79 Å². The lowest BCUT2D eigenvalue weighted by Gasteiger charge is -2.51. The minimum Gasteiger partial charge on any atom is -0.385 e. The van der Waals surface area contributed by atoms with Gasteiger partial charge >= 0.3 is 6.03 Å². The third-order valence-corrected chi connectivity index (χ3v) is 5.93. The molecule has 21 heavy (non-hydrogen) atoms. The van der Waals surface area contributed by atoms with Crippen molar-refractivity contribution in [1.82, 2.24) is 4.90 Å². The van der Waals surface area contributed by atoms with Gasteiger partial charge in [-0.25, -0.2) is 4.79 Å². The molecule has 2 N–H and O–H groups in total. The van der Waals surface area contributed by atoms with Crippen LogP contribution in [0.2, 0.25) is 0 Å². The van der Waals surface area contributed by atoms with Crippen LogP contribution in [-0.4, -0.2) is 33.8 Å². The van der Waals surface area contributed by atoms with E-state index in [-0.39, 0.29) is 11.4 Å². The largest absolute Gasteiger partial charge is 0.385 e. The molecule has 1 aromatic rings. The Bertz CT molecular complexity index is 584. The summed E-state index contributed by atoms with van der Waals surface area (Å²) in [6, 6.07) is 9.85. The molecule has 1 atom stereocenters. The topological polar surface area (TPSA) is 58.7 Å². The Morgan fingerprint density at radius 2 is 2.05 bits per heavy atom. The normalized spacial score (nSPS) is 28.0. The highest BCUT2D eigenvalue weighted by molar-refractivity contribution is 7.99. The number of nitrogens with zero attached hydrogens (tertiary/aromatic N) is 2. The number of nitrogens with two attached hydrogens (primary N) is 1. The smallest absolute Gasteiger partial charge is 0.346 e. The Labute approximate surface area is 129 Å². The summed E-state index contributed by atoms with van der Waals surface area (Å²) < 4.78 is 0. The number of rotatable bonds is 2. The number of carbonyl (C=O) groups excluding carboxylic acids is 1. The summed E-state index contributed by atoms with van der Waals surface area (Å²) in [6.45, 7) is 4.96. The zero-order valence-electron chi connectivity index (χ0n) is 12.5. The van der Waals surface area contributed by atoms with Gasteiger partial charge in [0.2, 0.25) is 0 Å². The Morgan fingerprint density at radius 1 is 1.33 bits per heavy atom. The van der Waals surface area contributed by atoms with Gasteiger partial charge in [0.1, 0.15) is 11.4 Å². The second kappa shape index (κ2) is 5.05. The summed E-state index contributed by atoms with van der Waals surface area (Å²) in [5.74, 6) is 2.42. The second-order valence-electron chi connectivity index (χ2n) is 6.40. The lowest BCUT2D eigenvalue weighted by atomic mass is 9.69. The van der Waals surface area contributed by atoms with Crippen molar-refractivity contribution in [2.24, 2.45) is 16.1 Å². The van der Waals surface area contributed by atoms with Crippen molar-refractivity contribution in [2.45, 2.75) is 32.4 Å². The monoisotopic (exact) mass is 303 g/mol. The van der Waals surface area contributed by atoms with Crippen molar-refractivity contribution < 1.29 is 4.79 Å². The zero-order valence-corrected chi connectivity index (χ0v) is 13.3. The number of amidine groups is 1. The van der Waals surface area contributed by atoms with Gasteiger partial charge in [-0.1, -0.05) is 44.2 Å². The average molecular weight is 303 g/mol. The van der Waals surface area contributed by atoms with Gasteiger partial charge in [0.25, 0.3) is 0 Å². The van der Waals surface area contributed by atoms with E-state index in [1.807, 2.05) is 47.0 Å². The zero-order chi connectivity index (χ0) is 15.1. The molecule has 1 aromatic carbocycles. The molecule has 1 saturated heterocycles. The molecular formula is C16H21N3OS. The molecule has 3 rings (SSSR count). The molecule has 2 heterocycles. The number of hydrogen-bond donors (Lipinski definition) is 1. The number of carbonyl (C=O) groups is 1. The highest BCUT2D eigenvalue weighted by Crippen LogP contribution is 2.48. The van der Waals surface area contributed by atoms with Crippen LogP contribution in [0.15, 0.2) is 35.3 Å². The molecule has 1 spiro atoms. The van der Waals surface area contributed by atoms with Crippen LogP contribution in [0.5, 0.6) is 0 Å². The van der Waals surface area contributed by atoms with E-state index < -0.39 is 5.54 Å². The molecule has 2 aliphatic rings. The lowest BCUT2D eigenvalue weighted by molar-refractivity contribution is 0.0827. The van der Waals surface area contributed by atoms with Crippen LogP contribution >= 0.6 is 11.8 Å². The molecule has 112 valence electrons. The van der Waals surface area contributed by atoms with Crippen LogP contribution in [0.25, 0.3) is 0 Å². The fourth-order valence-corrected chi connectivity index (χ4v) is 5.13. The fraction of sp³-hybridized carbons (Fsp3) is 0.500. The highest BCUT2D eigenvalue weighted by Gasteiger charge is 2.58. The van der Waals surface area contributed by atoms with Gasteiger partial charge < -0.3 is 10.6 Å². The van der Waals surface area contributed by atoms with Gasteiger partial charge in [0.15, 0.2) is 0 Å². The lowest BCUT2D eigenvalue weighted by Crippen LogP contribution is -2.65. The van der Waals surface area contributed by atoms with Gasteiger partial charge in [-0.3, -0.25) is 0 Å². The molecular weight excluding hydrogens is 282 g/mol. The minimum atomic E-state index is -0.456. The molecule has 2 amide bonds. The number of benzene rings is 1. The van der Waals surface area contributed by atoms with Crippen molar-refractivity contribution in [3.05, 3.63) is 35.9 Å². The molecule has 4 nitrogen and oxygen atoms in total. The Kier molecular flexibility index (Phi) is 3.48. The van der Waals surface area contributed by atoms with Crippen LogP contribution in [0.4, 0.5) is 4.79 Å². The van der Waals surface area contributed by atoms with E-state index >= 15 is 0 Å². The van der Waals surface area contributed by atoms with E-state index in [1.165, 1.54) is 0 Å². The van der Waals surface area contributed by atoms with E-state index in [0.29, 0.717) is 12.4 Å². The summed E-state index contributed by atoms with van der Waals surface area (Å²) in [7, 11) is 0. The van der Waals surface area contributed by atoms with Crippen molar-refractivity contribution in [1.29, 1.82) is 0 Å². The second-order valence-corrected chi connectivity index (χ2v) is 7.50. The Hall–Kier alpha value is -1.49. The number of aliphatic imine (C=N–C) groups is 1. The van der Waals surface area contributed by atoms with Crippen LogP contribution in [-0.2, 0) is 6.54 Å². The maximum Gasteiger partial charge on any atom is 0.346 e. The highest BCUT2D eigenvalue weighted by atomic mass is 32.2. The molecule has 0 aromatic heterocycles. The van der Waals surface area contributed by atoms with E-state index in [1.54, 1.807) is 0 Å². The fourth-order valence-electron chi connectivity index (χ4n) is 3.34. The number of amides is 2. The quantitative estimate of drug-likeness (QED) is 0.914. The molecule has 0 bridgehead atoms. The summed E-state index contributed by atoms with van der Waals surface area (Å²) >= 11 is 1.86. The SMILES string of the molecule is CC1(C)CCSCC12C(N)=NC(=O)N2Cc1ccccc1. The number of hydrogen-bond acceptors (Lipinski definition) is 3. The van der Waals surface area contributed by atoms with Crippen LogP contribution in [0.3, 0.4) is 0 Å². The minimum absolute atomic E-state index is 0.0627. The first-order valence-electron chi connectivity index (χ1n) is 7.25. The molecule has 0 saturated carbocycles. The predicted octanol–water partition coefficient (Wildman–Crippen LogP) is 2.88. The van der Waals surface area contributed by atoms with Crippen LogP contribution < -0.4 is 5.73 Å². The third-order valence-electron chi connectivity index (χ3n) is 4.82. The first-order valence-corrected chi connectivity index (χ1v) is 8.41. The molecule has 2 aliphatic heterocycles. The van der Waals surface area contributed by atoms with Crippen molar-refractivity contribution >= 4 is 23.6 Å². The number of urea groups is 1. The Morgan fingerprint density at radius 3 is 2.71 bits per heavy atom. The maximum absolute atomic E-state index is 12.4. The van der Waals surface area contributed by atoms with Gasteiger partial charge in [-0.05, 0) is 23.2 Å². The summed E-state index contributed by atoms with van der Waals surface area (Å²) in [5, 5.41) is 0. The first-order chi connectivity index (χ1) is 9.97. The predicted molar refractivity (Wildman–Crippen MR) is 87.5 cm³/mol. The molecule has 1 fully saturated rings. The van der Waals surface area contributed by atoms with Gasteiger partial charge in [0.05, 0.1) is 0 Å². The van der Waals surface area contributed by atoms with Crippen LogP contribution in [0, 0.1) is 5.41 Å². The molecule has 0 radical (unpaired) electrons. The maximum atomic E-state index is 12.4. The average Bonchev–Trinajstić information content (AvgIpc) is 2.68. The van der Waals surface area contributed by atoms with Crippen molar-refractivity contribution in [3.8, 4) is 0 Å². The van der Waals surface area contributed by atoms with Crippen LogP contribution in [0.1, 0.15) is 25.8 Å². The number of thioether (sulfide) groups is 1. The van der Waals surface area contributed by atoms with Gasteiger partial charge in [0, 0.05) is 12.3 Å². The van der Waals surface area contributed by atoms with Gasteiger partial charge in [-0.2, -0.15) is 16.8 Å². The van der Waals surface area contributed by atoms with E-state index in [4.69, 9.17) is 5.73 Å². The third kappa shape index (κ3) is 2.14. The van der Waals surface area contributed by atoms with Crippen molar-refractivity contribution in [3.63, 3.8) is 0 Å². The van der Waals surface area contributed by atoms with E-state index in [0.717, 1.165) is 23.5 Å². The first kappa shape index (κ1) is 14.4. The molecule has 0 aliphatic carbocycles. The summed E-state index contributed by atoms with van der Waals surface area (Å²) in [4.78, 5) is 18.4. The standard InChI is InChI=1S/C16H21N3OS/c1-15(2)8-9-21-11-16(15)13(17)18-14(20)19(16)10-12-6-4-3-5-7-12/h3-7H,8-11H2,1-2H3,(H2,17,18,20). The van der Waals surface area contributed by atoms with Crippen molar-refractivity contribution in [2.75, 3.05) is 11.5 Å². The molecule has 5 heteroatoms. The summed E-state index contributed by atoms with van der Waals surface area (Å²) in [5.41, 5.74) is 6.82.